The van der Waals surface area contributed by atoms with Crippen LogP contribution in [0, 0.1) is 0 Å². The number of hydrogen-bond acceptors (Lipinski definition) is 3. The summed E-state index contributed by atoms with van der Waals surface area (Å²) in [6.45, 7) is 1.26. The molecule has 1 fully saturated rings. The number of nitrogens with one attached hydrogen (secondary N) is 2. The fourth-order valence-electron chi connectivity index (χ4n) is 4.13. The molecule has 0 atom stereocenters. The minimum Gasteiger partial charge on any atom is -0.464 e. The number of carbonyl (C=O) groups is 2. The van der Waals surface area contributed by atoms with Crippen LogP contribution in [0.5, 0.6) is 0 Å². The van der Waals surface area contributed by atoms with E-state index in [0.717, 1.165) is 35.1 Å². The summed E-state index contributed by atoms with van der Waals surface area (Å²) in [5, 5.41) is 6.75. The molecule has 1 aliphatic carbocycles. The van der Waals surface area contributed by atoms with Gasteiger partial charge in [0.25, 0.3) is 0 Å². The van der Waals surface area contributed by atoms with Gasteiger partial charge in [0.2, 0.25) is 5.91 Å². The van der Waals surface area contributed by atoms with Gasteiger partial charge in [-0.1, -0.05) is 6.07 Å². The van der Waals surface area contributed by atoms with Crippen LogP contribution in [0.2, 0.25) is 0 Å². The summed E-state index contributed by atoms with van der Waals surface area (Å²) >= 11 is 0. The Bertz CT molecular complexity index is 1090. The first-order chi connectivity index (χ1) is 13.7. The van der Waals surface area contributed by atoms with Gasteiger partial charge in [-0.2, -0.15) is 0 Å². The van der Waals surface area contributed by atoms with Crippen molar-refractivity contribution in [3.63, 3.8) is 0 Å². The zero-order valence-electron chi connectivity index (χ0n) is 15.5. The molecule has 0 saturated carbocycles. The molecule has 0 bridgehead atoms. The van der Waals surface area contributed by atoms with E-state index >= 15 is 0 Å². The Labute approximate surface area is 162 Å². The molecule has 2 heterocycles. The summed E-state index contributed by atoms with van der Waals surface area (Å²) in [5.74, 6) is -0.105. The number of carbonyl (C=O) groups excluding carboxylic acids is 2. The zero-order valence-corrected chi connectivity index (χ0v) is 15.5. The highest BCUT2D eigenvalue weighted by Crippen LogP contribution is 2.30. The fraction of sp³-hybridized carbons (Fsp3) is 0.273. The summed E-state index contributed by atoms with van der Waals surface area (Å²) in [6, 6.07) is 11.5. The highest BCUT2D eigenvalue weighted by molar-refractivity contribution is 5.98. The number of nitrogens with zero attached hydrogens (tertiary/aromatic N) is 1. The molecule has 6 nitrogen and oxygen atoms in total. The van der Waals surface area contributed by atoms with Crippen LogP contribution in [-0.2, 0) is 24.1 Å². The van der Waals surface area contributed by atoms with E-state index in [-0.39, 0.29) is 18.4 Å². The molecule has 1 aromatic heterocycles. The predicted octanol–water partition coefficient (Wildman–Crippen LogP) is 3.63. The number of rotatable bonds is 4. The molecular formula is C22H21N3O3. The zero-order chi connectivity index (χ0) is 19.1. The lowest BCUT2D eigenvalue weighted by Crippen LogP contribution is -2.27. The van der Waals surface area contributed by atoms with Gasteiger partial charge in [-0.05, 0) is 60.7 Å². The molecule has 28 heavy (non-hydrogen) atoms. The van der Waals surface area contributed by atoms with Crippen LogP contribution in [0.1, 0.15) is 23.1 Å². The van der Waals surface area contributed by atoms with Crippen LogP contribution in [0.15, 0.2) is 47.1 Å². The third-order valence-electron chi connectivity index (χ3n) is 5.52. The van der Waals surface area contributed by atoms with Crippen molar-refractivity contribution < 1.29 is 14.0 Å². The number of amides is 3. The second-order valence-electron chi connectivity index (χ2n) is 7.39. The second kappa shape index (κ2) is 6.71. The summed E-state index contributed by atoms with van der Waals surface area (Å²) in [6.07, 6.45) is 5.32. The van der Waals surface area contributed by atoms with Crippen LogP contribution < -0.4 is 15.5 Å². The average Bonchev–Trinajstić information content (AvgIpc) is 3.40. The highest BCUT2D eigenvalue weighted by atomic mass is 16.3. The molecule has 142 valence electrons. The molecule has 1 aliphatic heterocycles. The molecule has 3 amide bonds. The van der Waals surface area contributed by atoms with Gasteiger partial charge in [-0.15, -0.1) is 0 Å². The SMILES string of the molecule is O=C(Cc1coc2cc3c(cc12)CCC3)Nc1cccc(N2CCNC2=O)c1. The normalized spacial score (nSPS) is 15.7. The number of aryl methyl sites for hydroxylation is 2. The molecule has 0 radical (unpaired) electrons. The molecule has 2 aromatic carbocycles. The summed E-state index contributed by atoms with van der Waals surface area (Å²) < 4.78 is 5.69. The summed E-state index contributed by atoms with van der Waals surface area (Å²) in [5.41, 5.74) is 5.93. The van der Waals surface area contributed by atoms with Crippen LogP contribution >= 0.6 is 0 Å². The lowest BCUT2D eigenvalue weighted by atomic mass is 10.0. The minimum atomic E-state index is -0.110. The molecule has 0 unspecified atom stereocenters. The predicted molar refractivity (Wildman–Crippen MR) is 108 cm³/mol. The van der Waals surface area contributed by atoms with E-state index in [1.807, 2.05) is 24.3 Å². The van der Waals surface area contributed by atoms with Crippen molar-refractivity contribution in [2.75, 3.05) is 23.3 Å². The maximum atomic E-state index is 12.6. The van der Waals surface area contributed by atoms with Gasteiger partial charge in [-0.3, -0.25) is 9.69 Å². The van der Waals surface area contributed by atoms with Gasteiger partial charge in [0, 0.05) is 35.4 Å². The van der Waals surface area contributed by atoms with Crippen molar-refractivity contribution in [1.29, 1.82) is 0 Å². The van der Waals surface area contributed by atoms with Crippen LogP contribution in [0.25, 0.3) is 11.0 Å². The Morgan fingerprint density at radius 3 is 2.86 bits per heavy atom. The maximum Gasteiger partial charge on any atom is 0.321 e. The third kappa shape index (κ3) is 3.01. The molecule has 0 spiro atoms. The molecule has 3 aromatic rings. The largest absolute Gasteiger partial charge is 0.464 e. The van der Waals surface area contributed by atoms with E-state index in [1.165, 1.54) is 17.5 Å². The van der Waals surface area contributed by atoms with E-state index in [1.54, 1.807) is 11.2 Å². The van der Waals surface area contributed by atoms with Crippen molar-refractivity contribution >= 4 is 34.3 Å². The van der Waals surface area contributed by atoms with Crippen molar-refractivity contribution in [2.45, 2.75) is 25.7 Å². The van der Waals surface area contributed by atoms with Gasteiger partial charge in [0.05, 0.1) is 12.7 Å². The molecule has 5 rings (SSSR count). The summed E-state index contributed by atoms with van der Waals surface area (Å²) in [7, 11) is 0. The minimum absolute atomic E-state index is 0.105. The monoisotopic (exact) mass is 375 g/mol. The van der Waals surface area contributed by atoms with E-state index in [4.69, 9.17) is 4.42 Å². The highest BCUT2D eigenvalue weighted by Gasteiger charge is 2.21. The number of hydrogen-bond donors (Lipinski definition) is 2. The number of furan rings is 1. The van der Waals surface area contributed by atoms with E-state index in [2.05, 4.69) is 22.8 Å². The molecule has 6 heteroatoms. The standard InChI is InChI=1S/C22H21N3O3/c26-21(24-17-5-2-6-18(12-17)25-8-7-23-22(25)27)11-16-13-28-20-10-15-4-1-3-14(15)9-19(16)20/h2,5-6,9-10,12-13H,1,3-4,7-8,11H2,(H,23,27)(H,24,26). The first-order valence-corrected chi connectivity index (χ1v) is 9.64. The Morgan fingerprint density at radius 2 is 2.04 bits per heavy atom. The summed E-state index contributed by atoms with van der Waals surface area (Å²) in [4.78, 5) is 26.1. The number of anilines is 2. The van der Waals surface area contributed by atoms with Gasteiger partial charge >= 0.3 is 6.03 Å². The van der Waals surface area contributed by atoms with Gasteiger partial charge in [0.1, 0.15) is 5.58 Å². The topological polar surface area (TPSA) is 74.6 Å². The lowest BCUT2D eigenvalue weighted by Gasteiger charge is -2.15. The van der Waals surface area contributed by atoms with Crippen molar-refractivity contribution in [3.05, 3.63) is 59.4 Å². The number of urea groups is 1. The smallest absolute Gasteiger partial charge is 0.321 e. The van der Waals surface area contributed by atoms with Gasteiger partial charge in [-0.25, -0.2) is 4.79 Å². The van der Waals surface area contributed by atoms with Crippen LogP contribution in [-0.4, -0.2) is 25.0 Å². The average molecular weight is 375 g/mol. The first-order valence-electron chi connectivity index (χ1n) is 9.64. The van der Waals surface area contributed by atoms with Crippen molar-refractivity contribution in [2.24, 2.45) is 0 Å². The Kier molecular flexibility index (Phi) is 4.04. The molecule has 2 aliphatic rings. The van der Waals surface area contributed by atoms with Gasteiger partial charge < -0.3 is 15.1 Å². The quantitative estimate of drug-likeness (QED) is 0.731. The molecular weight excluding hydrogens is 354 g/mol. The van der Waals surface area contributed by atoms with Gasteiger partial charge in [0.15, 0.2) is 0 Å². The Hall–Kier alpha value is -3.28. The van der Waals surface area contributed by atoms with Crippen LogP contribution in [0.4, 0.5) is 16.2 Å². The third-order valence-corrected chi connectivity index (χ3v) is 5.52. The number of fused-ring (bicyclic) bond motifs is 2. The second-order valence-corrected chi connectivity index (χ2v) is 7.39. The Morgan fingerprint density at radius 1 is 1.18 bits per heavy atom. The van der Waals surface area contributed by atoms with Crippen molar-refractivity contribution in [3.8, 4) is 0 Å². The molecule has 1 saturated heterocycles. The first kappa shape index (κ1) is 16.9. The Balaban J connectivity index is 1.33. The van der Waals surface area contributed by atoms with Crippen molar-refractivity contribution in [1.82, 2.24) is 5.32 Å². The fourth-order valence-corrected chi connectivity index (χ4v) is 4.13. The van der Waals surface area contributed by atoms with E-state index in [0.29, 0.717) is 18.8 Å². The van der Waals surface area contributed by atoms with Crippen LogP contribution in [0.3, 0.4) is 0 Å². The lowest BCUT2D eigenvalue weighted by molar-refractivity contribution is -0.115. The van der Waals surface area contributed by atoms with E-state index < -0.39 is 0 Å². The maximum absolute atomic E-state index is 12.6. The molecule has 2 N–H and O–H groups in total. The van der Waals surface area contributed by atoms with E-state index in [9.17, 15) is 9.59 Å². The number of benzene rings is 2.